The van der Waals surface area contributed by atoms with Gasteiger partial charge in [-0.1, -0.05) is 12.1 Å². The third-order valence-corrected chi connectivity index (χ3v) is 5.78. The van der Waals surface area contributed by atoms with E-state index < -0.39 is 46.5 Å². The Morgan fingerprint density at radius 3 is 1.28 bits per heavy atom. The fourth-order valence-corrected chi connectivity index (χ4v) is 4.11. The zero-order valence-corrected chi connectivity index (χ0v) is 18.9. The highest BCUT2D eigenvalue weighted by molar-refractivity contribution is 6.16. The Bertz CT molecular complexity index is 1500. The quantitative estimate of drug-likeness (QED) is 0.300. The van der Waals surface area contributed by atoms with Crippen LogP contribution in [0, 0.1) is 0 Å². The number of carbonyl (C=O) groups excluding carboxylic acids is 2. The maximum atomic E-state index is 12.0. The molecule has 10 heteroatoms. The van der Waals surface area contributed by atoms with Crippen molar-refractivity contribution in [2.45, 2.75) is 0 Å². The summed E-state index contributed by atoms with van der Waals surface area (Å²) in [5, 5.41) is 42.3. The molecule has 0 aliphatic rings. The molecule has 0 spiro atoms. The van der Waals surface area contributed by atoms with Crippen LogP contribution in [-0.2, 0) is 9.47 Å². The van der Waals surface area contributed by atoms with Gasteiger partial charge in [-0.3, -0.25) is 0 Å². The first-order valence-corrected chi connectivity index (χ1v) is 10.3. The topological polar surface area (TPSA) is 168 Å². The number of fused-ring (bicyclic) bond motifs is 2. The van der Waals surface area contributed by atoms with Crippen molar-refractivity contribution in [1.82, 2.24) is 0 Å². The summed E-state index contributed by atoms with van der Waals surface area (Å²) >= 11 is 0. The number of hydrogen-bond acceptors (Lipinski definition) is 8. The Morgan fingerprint density at radius 1 is 0.611 bits per heavy atom. The minimum atomic E-state index is -1.50. The van der Waals surface area contributed by atoms with E-state index in [0.717, 1.165) is 12.1 Å². The summed E-state index contributed by atoms with van der Waals surface area (Å²) in [6.45, 7) is 0. The molecule has 0 fully saturated rings. The van der Waals surface area contributed by atoms with Crippen molar-refractivity contribution >= 4 is 45.4 Å². The number of benzene rings is 4. The van der Waals surface area contributed by atoms with Crippen molar-refractivity contribution in [3.63, 3.8) is 0 Å². The summed E-state index contributed by atoms with van der Waals surface area (Å²) in [5.41, 5.74) is -1.21. The van der Waals surface area contributed by atoms with E-state index >= 15 is 0 Å². The molecule has 4 rings (SSSR count). The smallest absolute Gasteiger partial charge is 0.339 e. The van der Waals surface area contributed by atoms with Crippen LogP contribution in [0.2, 0.25) is 0 Å². The van der Waals surface area contributed by atoms with Crippen LogP contribution in [-0.4, -0.2) is 58.5 Å². The van der Waals surface area contributed by atoms with Crippen molar-refractivity contribution < 1.29 is 49.1 Å². The predicted molar refractivity (Wildman–Crippen MR) is 127 cm³/mol. The molecule has 0 aliphatic carbocycles. The van der Waals surface area contributed by atoms with E-state index in [-0.39, 0.29) is 43.8 Å². The van der Waals surface area contributed by atoms with Crippen LogP contribution < -0.4 is 0 Å². The Kier molecular flexibility index (Phi) is 5.95. The number of ether oxygens (including phenoxy) is 2. The van der Waals surface area contributed by atoms with Gasteiger partial charge in [0.25, 0.3) is 0 Å². The van der Waals surface area contributed by atoms with Gasteiger partial charge in [-0.05, 0) is 57.9 Å². The molecule has 0 radical (unpaired) electrons. The van der Waals surface area contributed by atoms with Gasteiger partial charge in [0.1, 0.15) is 22.6 Å². The van der Waals surface area contributed by atoms with E-state index in [1.165, 1.54) is 50.6 Å². The second-order valence-electron chi connectivity index (χ2n) is 7.76. The minimum absolute atomic E-state index is 0.106. The van der Waals surface area contributed by atoms with Gasteiger partial charge in [0.15, 0.2) is 0 Å². The van der Waals surface area contributed by atoms with Gasteiger partial charge in [-0.25, -0.2) is 19.2 Å². The normalized spacial score (nSPS) is 10.8. The number of carbonyl (C=O) groups is 4. The second-order valence-corrected chi connectivity index (χ2v) is 7.76. The van der Waals surface area contributed by atoms with Crippen LogP contribution in [0.4, 0.5) is 0 Å². The Labute approximate surface area is 202 Å². The van der Waals surface area contributed by atoms with Gasteiger partial charge in [-0.15, -0.1) is 0 Å². The molecule has 0 bridgehead atoms. The largest absolute Gasteiger partial charge is 0.506 e. The lowest BCUT2D eigenvalue weighted by atomic mass is 9.88. The van der Waals surface area contributed by atoms with E-state index in [4.69, 9.17) is 9.47 Å². The highest BCUT2D eigenvalue weighted by Gasteiger charge is 2.26. The Morgan fingerprint density at radius 2 is 0.972 bits per heavy atom. The van der Waals surface area contributed by atoms with Crippen molar-refractivity contribution in [1.29, 1.82) is 0 Å². The van der Waals surface area contributed by atoms with Gasteiger partial charge >= 0.3 is 23.9 Å². The van der Waals surface area contributed by atoms with E-state index in [0.29, 0.717) is 0 Å². The number of rotatable bonds is 5. The molecule has 4 aromatic carbocycles. The molecule has 0 amide bonds. The number of phenols is 2. The lowest BCUT2D eigenvalue weighted by molar-refractivity contribution is 0.0592. The summed E-state index contributed by atoms with van der Waals surface area (Å²) in [4.78, 5) is 47.9. The molecule has 0 saturated carbocycles. The van der Waals surface area contributed by atoms with Crippen LogP contribution in [0.1, 0.15) is 41.4 Å². The first-order valence-electron chi connectivity index (χ1n) is 10.3. The molecular weight excluding hydrogens is 472 g/mol. The van der Waals surface area contributed by atoms with Crippen LogP contribution in [0.5, 0.6) is 11.5 Å². The number of carboxylic acids is 2. The molecule has 182 valence electrons. The maximum Gasteiger partial charge on any atom is 0.339 e. The monoisotopic (exact) mass is 490 g/mol. The lowest BCUT2D eigenvalue weighted by Crippen LogP contribution is -2.04. The summed E-state index contributed by atoms with van der Waals surface area (Å²) < 4.78 is 9.42. The average Bonchev–Trinajstić information content (AvgIpc) is 2.86. The van der Waals surface area contributed by atoms with Gasteiger partial charge in [0.2, 0.25) is 0 Å². The molecular formula is C26H18O10. The first kappa shape index (κ1) is 24.0. The van der Waals surface area contributed by atoms with Gasteiger partial charge in [0, 0.05) is 11.1 Å². The molecule has 0 unspecified atom stereocenters. The Hall–Kier alpha value is -5.12. The number of hydrogen-bond donors (Lipinski definition) is 4. The molecule has 0 aromatic heterocycles. The van der Waals surface area contributed by atoms with E-state index in [1.54, 1.807) is 0 Å². The fraction of sp³-hybridized carbons (Fsp3) is 0.0769. The summed E-state index contributed by atoms with van der Waals surface area (Å²) in [7, 11) is 2.36. The maximum absolute atomic E-state index is 12.0. The van der Waals surface area contributed by atoms with Crippen molar-refractivity contribution in [3.8, 4) is 22.6 Å². The van der Waals surface area contributed by atoms with Crippen LogP contribution in [0.3, 0.4) is 0 Å². The molecule has 0 atom stereocenters. The first-order chi connectivity index (χ1) is 17.1. The number of aromatic hydroxyl groups is 2. The fourth-order valence-electron chi connectivity index (χ4n) is 4.11. The van der Waals surface area contributed by atoms with E-state index in [1.807, 2.05) is 0 Å². The summed E-state index contributed by atoms with van der Waals surface area (Å²) in [5.74, 6) is -5.80. The van der Waals surface area contributed by atoms with Gasteiger partial charge < -0.3 is 29.9 Å². The third kappa shape index (κ3) is 3.80. The molecule has 0 aliphatic heterocycles. The number of aromatic carboxylic acids is 2. The standard InChI is InChI=1S/C26H18O10/c1-35-25(33)11-3-5-15-13(7-11)9-17(23(29)30)21(27)19(15)20-16-6-4-12(26(34)36-2)8-14(16)10-18(22(20)28)24(31)32/h3-10,27-28H,1-2H3,(H,29,30)(H,31,32). The number of esters is 2. The number of carboxylic acid groups (broad SMARTS) is 2. The van der Waals surface area contributed by atoms with Crippen molar-refractivity contribution in [2.24, 2.45) is 0 Å². The molecule has 10 nitrogen and oxygen atoms in total. The van der Waals surface area contributed by atoms with E-state index in [9.17, 15) is 39.6 Å². The van der Waals surface area contributed by atoms with Gasteiger partial charge in [-0.2, -0.15) is 0 Å². The SMILES string of the molecule is COC(=O)c1ccc2c(-c3c(O)c(C(=O)O)cc4cc(C(=O)OC)ccc34)c(O)c(C(=O)O)cc2c1. The zero-order valence-electron chi connectivity index (χ0n) is 18.9. The van der Waals surface area contributed by atoms with E-state index in [2.05, 4.69) is 0 Å². The molecule has 0 heterocycles. The van der Waals surface area contributed by atoms with Crippen LogP contribution >= 0.6 is 0 Å². The number of methoxy groups -OCH3 is 2. The predicted octanol–water partition coefficient (Wildman–Crippen LogP) is 4.04. The second kappa shape index (κ2) is 8.91. The van der Waals surface area contributed by atoms with Crippen molar-refractivity contribution in [2.75, 3.05) is 14.2 Å². The minimum Gasteiger partial charge on any atom is -0.506 e. The highest BCUT2D eigenvalue weighted by Crippen LogP contribution is 2.47. The summed E-state index contributed by atoms with van der Waals surface area (Å²) in [6, 6.07) is 10.6. The zero-order chi connectivity index (χ0) is 26.3. The molecule has 36 heavy (non-hydrogen) atoms. The average molecular weight is 490 g/mol. The summed E-state index contributed by atoms with van der Waals surface area (Å²) in [6.07, 6.45) is 0. The highest BCUT2D eigenvalue weighted by atomic mass is 16.5. The molecule has 0 saturated heterocycles. The van der Waals surface area contributed by atoms with Crippen LogP contribution in [0.15, 0.2) is 48.5 Å². The Balaban J connectivity index is 2.20. The van der Waals surface area contributed by atoms with Crippen molar-refractivity contribution in [3.05, 3.63) is 70.8 Å². The lowest BCUT2D eigenvalue weighted by Gasteiger charge is -2.18. The molecule has 4 N–H and O–H groups in total. The van der Waals surface area contributed by atoms with Gasteiger partial charge in [0.05, 0.1) is 25.3 Å². The third-order valence-electron chi connectivity index (χ3n) is 5.78. The molecule has 4 aromatic rings. The van der Waals surface area contributed by atoms with Crippen LogP contribution in [0.25, 0.3) is 32.7 Å².